The lowest BCUT2D eigenvalue weighted by molar-refractivity contribution is 0.812. The summed E-state index contributed by atoms with van der Waals surface area (Å²) >= 11 is 0. The van der Waals surface area contributed by atoms with Gasteiger partial charge < -0.3 is 0 Å². The molecule has 0 radical (unpaired) electrons. The van der Waals surface area contributed by atoms with Crippen molar-refractivity contribution < 1.29 is 0 Å². The van der Waals surface area contributed by atoms with E-state index in [9.17, 15) is 0 Å². The average molecular weight is 602 g/mol. The van der Waals surface area contributed by atoms with Crippen LogP contribution in [0.3, 0.4) is 0 Å². The summed E-state index contributed by atoms with van der Waals surface area (Å²) in [5, 5.41) is 2.41. The Hall–Kier alpha value is -5.27. The lowest BCUT2D eigenvalue weighted by atomic mass is 9.71. The highest BCUT2D eigenvalue weighted by Crippen LogP contribution is 2.63. The minimum Gasteiger partial charge on any atom is -0.264 e. The number of rotatable bonds is 3. The van der Waals surface area contributed by atoms with E-state index in [4.69, 9.17) is 6.58 Å². The van der Waals surface area contributed by atoms with Crippen LogP contribution in [0.5, 0.6) is 0 Å². The quantitative estimate of drug-likeness (QED) is 0.200. The van der Waals surface area contributed by atoms with Gasteiger partial charge in [-0.25, -0.2) is 0 Å². The molecule has 1 heterocycles. The number of pyridine rings is 1. The van der Waals surface area contributed by atoms with Crippen LogP contribution in [0.2, 0.25) is 0 Å². The molecule has 5 aliphatic carbocycles. The average Bonchev–Trinajstić information content (AvgIpc) is 3.96. The van der Waals surface area contributed by atoms with Crippen LogP contribution < -0.4 is 0 Å². The molecule has 224 valence electrons. The van der Waals surface area contributed by atoms with E-state index >= 15 is 0 Å². The summed E-state index contributed by atoms with van der Waals surface area (Å²) in [4.78, 5) is 4.33. The number of fused-ring (bicyclic) bond motifs is 9. The first-order valence-corrected chi connectivity index (χ1v) is 17.1. The number of nitrogens with zero attached hydrogens (tertiary/aromatic N) is 1. The maximum absolute atomic E-state index is 4.83. The third-order valence-corrected chi connectivity index (χ3v) is 11.4. The fourth-order valence-corrected chi connectivity index (χ4v) is 8.90. The van der Waals surface area contributed by atoms with Gasteiger partial charge in [0.05, 0.1) is 0 Å². The van der Waals surface area contributed by atoms with Crippen molar-refractivity contribution in [2.24, 2.45) is 5.92 Å². The molecule has 47 heavy (non-hydrogen) atoms. The van der Waals surface area contributed by atoms with E-state index in [0.717, 1.165) is 19.3 Å². The molecule has 5 aromatic rings. The van der Waals surface area contributed by atoms with E-state index in [-0.39, 0.29) is 5.92 Å². The first-order valence-electron chi connectivity index (χ1n) is 17.1. The molecule has 0 saturated heterocycles. The Kier molecular flexibility index (Phi) is 5.94. The molecule has 4 aromatic carbocycles. The summed E-state index contributed by atoms with van der Waals surface area (Å²) in [6.45, 7) is 4.83. The van der Waals surface area contributed by atoms with Gasteiger partial charge in [0.2, 0.25) is 0 Å². The van der Waals surface area contributed by atoms with E-state index < -0.39 is 0 Å². The summed E-state index contributed by atoms with van der Waals surface area (Å²) in [7, 11) is 0. The van der Waals surface area contributed by atoms with E-state index in [0.29, 0.717) is 11.8 Å². The van der Waals surface area contributed by atoms with Crippen molar-refractivity contribution in [2.45, 2.75) is 37.5 Å². The topological polar surface area (TPSA) is 12.9 Å². The van der Waals surface area contributed by atoms with Crippen molar-refractivity contribution in [3.63, 3.8) is 0 Å². The van der Waals surface area contributed by atoms with Gasteiger partial charge in [-0.1, -0.05) is 115 Å². The van der Waals surface area contributed by atoms with Crippen molar-refractivity contribution in [1.82, 2.24) is 4.98 Å². The molecule has 3 unspecified atom stereocenters. The van der Waals surface area contributed by atoms with Crippen LogP contribution in [0.15, 0.2) is 163 Å². The second kappa shape index (κ2) is 10.4. The summed E-state index contributed by atoms with van der Waals surface area (Å²) < 4.78 is 0. The number of benzene rings is 4. The lowest BCUT2D eigenvalue weighted by Gasteiger charge is -2.33. The fraction of sp³-hybridized carbons (Fsp3) is 0.152. The molecular formula is C46H35N. The maximum atomic E-state index is 4.83. The van der Waals surface area contributed by atoms with Gasteiger partial charge in [-0.3, -0.25) is 4.98 Å². The summed E-state index contributed by atoms with van der Waals surface area (Å²) in [5.41, 5.74) is 19.4. The summed E-state index contributed by atoms with van der Waals surface area (Å²) in [6, 6.07) is 34.1. The third-order valence-electron chi connectivity index (χ3n) is 11.4. The highest BCUT2D eigenvalue weighted by molar-refractivity contribution is 5.96. The zero-order valence-corrected chi connectivity index (χ0v) is 26.4. The van der Waals surface area contributed by atoms with Crippen LogP contribution in [-0.2, 0) is 0 Å². The van der Waals surface area contributed by atoms with E-state index in [1.807, 2.05) is 12.4 Å². The second-order valence-electron chi connectivity index (χ2n) is 13.8. The van der Waals surface area contributed by atoms with E-state index in [1.165, 1.54) is 95.1 Å². The van der Waals surface area contributed by atoms with Crippen LogP contribution in [0, 0.1) is 5.92 Å². The third kappa shape index (κ3) is 4.26. The Morgan fingerprint density at radius 3 is 2.51 bits per heavy atom. The molecule has 3 atom stereocenters. The molecule has 1 aromatic heterocycles. The van der Waals surface area contributed by atoms with Gasteiger partial charge >= 0.3 is 0 Å². The van der Waals surface area contributed by atoms with Gasteiger partial charge in [0, 0.05) is 23.7 Å². The summed E-state index contributed by atoms with van der Waals surface area (Å²) in [6.07, 6.45) is 20.1. The molecule has 0 spiro atoms. The smallest absolute Gasteiger partial charge is 0.0346 e. The van der Waals surface area contributed by atoms with Crippen LogP contribution in [0.1, 0.15) is 59.8 Å². The Bertz CT molecular complexity index is 2320. The Balaban J connectivity index is 1.04. The SMILES string of the molecule is C=C1C(c2ccc3c(c2)-c2c(-c4ccc5cnccc5c4)cccc2C2CC32)=CC=C2C=CC3=C(CC=C(c4ccccc4)CC3)C12. The van der Waals surface area contributed by atoms with Gasteiger partial charge in [-0.05, 0) is 133 Å². The van der Waals surface area contributed by atoms with Gasteiger partial charge in [0.25, 0.3) is 0 Å². The summed E-state index contributed by atoms with van der Waals surface area (Å²) in [5.74, 6) is 1.50. The highest BCUT2D eigenvalue weighted by atomic mass is 14.6. The minimum absolute atomic E-state index is 0.236. The fourth-order valence-electron chi connectivity index (χ4n) is 8.90. The molecule has 5 aliphatic rings. The molecule has 1 fully saturated rings. The Morgan fingerprint density at radius 1 is 0.681 bits per heavy atom. The molecule has 0 N–H and O–H groups in total. The number of hydrogen-bond donors (Lipinski definition) is 0. The zero-order chi connectivity index (χ0) is 31.1. The zero-order valence-electron chi connectivity index (χ0n) is 26.4. The largest absolute Gasteiger partial charge is 0.264 e. The van der Waals surface area contributed by atoms with Crippen LogP contribution in [0.4, 0.5) is 0 Å². The van der Waals surface area contributed by atoms with E-state index in [1.54, 1.807) is 0 Å². The molecular weight excluding hydrogens is 567 g/mol. The Labute approximate surface area is 276 Å². The lowest BCUT2D eigenvalue weighted by Crippen LogP contribution is -2.17. The minimum atomic E-state index is 0.236. The number of hydrogen-bond acceptors (Lipinski definition) is 1. The van der Waals surface area contributed by atoms with Gasteiger partial charge in [-0.15, -0.1) is 0 Å². The predicted molar refractivity (Wildman–Crippen MR) is 196 cm³/mol. The second-order valence-corrected chi connectivity index (χ2v) is 13.8. The molecule has 0 bridgehead atoms. The van der Waals surface area contributed by atoms with Crippen LogP contribution >= 0.6 is 0 Å². The van der Waals surface area contributed by atoms with Gasteiger partial charge in [0.1, 0.15) is 0 Å². The van der Waals surface area contributed by atoms with Crippen molar-refractivity contribution in [3.05, 3.63) is 185 Å². The maximum Gasteiger partial charge on any atom is 0.0346 e. The predicted octanol–water partition coefficient (Wildman–Crippen LogP) is 11.8. The highest BCUT2D eigenvalue weighted by Gasteiger charge is 2.46. The monoisotopic (exact) mass is 601 g/mol. The van der Waals surface area contributed by atoms with Gasteiger partial charge in [-0.2, -0.15) is 0 Å². The molecule has 1 nitrogen and oxygen atoms in total. The van der Waals surface area contributed by atoms with Crippen LogP contribution in [-0.4, -0.2) is 4.98 Å². The first kappa shape index (κ1) is 26.9. The van der Waals surface area contributed by atoms with Gasteiger partial charge in [0.15, 0.2) is 0 Å². The number of aromatic nitrogens is 1. The standard InChI is InChI=1S/C46H35N/c1-28-37(19-17-32-13-12-31-11-10-30(16-20-39(31)45(28)32)29-6-3-2-4-7-29)35-18-21-40-42-26-43(42)41-9-5-8-38(46(41)44(40)25-35)34-14-15-36-27-47-23-22-33(36)24-34/h2-9,12-19,21-25,27,42-43,45H,1,10-11,20,26H2. The van der Waals surface area contributed by atoms with Crippen molar-refractivity contribution in [2.75, 3.05) is 0 Å². The van der Waals surface area contributed by atoms with Crippen LogP contribution in [0.25, 0.3) is 44.2 Å². The normalized spacial score (nSPS) is 22.2. The molecule has 10 rings (SSSR count). The molecule has 1 heteroatoms. The van der Waals surface area contributed by atoms with Crippen molar-refractivity contribution >= 4 is 21.9 Å². The van der Waals surface area contributed by atoms with E-state index in [2.05, 4.69) is 126 Å². The van der Waals surface area contributed by atoms with Crippen molar-refractivity contribution in [1.29, 1.82) is 0 Å². The molecule has 0 amide bonds. The molecule has 1 saturated carbocycles. The number of allylic oxidation sites excluding steroid dienone is 11. The first-order chi connectivity index (χ1) is 23.2. The van der Waals surface area contributed by atoms with Crippen molar-refractivity contribution in [3.8, 4) is 22.3 Å². The molecule has 0 aliphatic heterocycles. The Morgan fingerprint density at radius 2 is 1.57 bits per heavy atom.